The molecule has 0 heterocycles. The van der Waals surface area contributed by atoms with Gasteiger partial charge >= 0.3 is 0 Å². The van der Waals surface area contributed by atoms with E-state index in [9.17, 15) is 21.6 Å². The third-order valence-electron chi connectivity index (χ3n) is 1.92. The van der Waals surface area contributed by atoms with Gasteiger partial charge in [0, 0.05) is 6.42 Å². The van der Waals surface area contributed by atoms with E-state index in [1.807, 2.05) is 0 Å². The average molecular weight is 280 g/mol. The molecule has 0 fully saturated rings. The van der Waals surface area contributed by atoms with E-state index < -0.39 is 30.0 Å². The highest BCUT2D eigenvalue weighted by atomic mass is 32.2. The zero-order valence-electron chi connectivity index (χ0n) is 8.27. The molecule has 1 aromatic rings. The second kappa shape index (κ2) is 4.53. The summed E-state index contributed by atoms with van der Waals surface area (Å²) in [5.74, 6) is 0. The Morgan fingerprint density at radius 1 is 1.06 bits per heavy atom. The molecule has 1 rings (SSSR count). The van der Waals surface area contributed by atoms with Gasteiger partial charge in [0.2, 0.25) is 0 Å². The van der Waals surface area contributed by atoms with Gasteiger partial charge in [-0.25, -0.2) is 0 Å². The minimum atomic E-state index is -4.67. The third-order valence-corrected chi connectivity index (χ3v) is 3.70. The van der Waals surface area contributed by atoms with Crippen LogP contribution in [-0.2, 0) is 31.5 Å². The monoisotopic (exact) mass is 280 g/mol. The molecule has 0 spiro atoms. The molecule has 0 saturated heterocycles. The summed E-state index contributed by atoms with van der Waals surface area (Å²) in [5, 5.41) is 0. The minimum Gasteiger partial charge on any atom is -0.303 e. The largest absolute Gasteiger partial charge is 0.303 e. The Kier molecular flexibility index (Phi) is 3.67. The van der Waals surface area contributed by atoms with Crippen LogP contribution in [0.3, 0.4) is 0 Å². The average Bonchev–Trinajstić information content (AvgIpc) is 2.15. The number of aldehydes is 1. The van der Waals surface area contributed by atoms with Crippen molar-refractivity contribution < 1.29 is 30.7 Å². The quantitative estimate of drug-likeness (QED) is 0.583. The van der Waals surface area contributed by atoms with Crippen LogP contribution in [0.5, 0.6) is 0 Å². The van der Waals surface area contributed by atoms with Gasteiger partial charge in [-0.05, 0) is 17.7 Å². The fraction of sp³-hybridized carbons (Fsp3) is 0.125. The zero-order valence-corrected chi connectivity index (χ0v) is 9.90. The maximum Gasteiger partial charge on any atom is 0.294 e. The van der Waals surface area contributed by atoms with Crippen LogP contribution >= 0.6 is 0 Å². The summed E-state index contributed by atoms with van der Waals surface area (Å²) in [6.45, 7) is 0. The predicted molar refractivity (Wildman–Crippen MR) is 55.8 cm³/mol. The first kappa shape index (κ1) is 13.8. The first-order chi connectivity index (χ1) is 7.66. The summed E-state index contributed by atoms with van der Waals surface area (Å²) in [6.07, 6.45) is 0.0952. The van der Waals surface area contributed by atoms with E-state index in [-0.39, 0.29) is 12.0 Å². The van der Waals surface area contributed by atoms with Crippen LogP contribution < -0.4 is 0 Å². The highest BCUT2D eigenvalue weighted by Gasteiger charge is 2.19. The van der Waals surface area contributed by atoms with Crippen molar-refractivity contribution in [1.82, 2.24) is 0 Å². The summed E-state index contributed by atoms with van der Waals surface area (Å²) < 4.78 is 61.1. The molecule has 0 unspecified atom stereocenters. The van der Waals surface area contributed by atoms with E-state index in [2.05, 4.69) is 0 Å². The summed E-state index contributed by atoms with van der Waals surface area (Å²) in [6, 6.07) is 2.55. The van der Waals surface area contributed by atoms with Gasteiger partial charge in [-0.1, -0.05) is 6.07 Å². The second-order valence-corrected chi connectivity index (χ2v) is 5.90. The van der Waals surface area contributed by atoms with Gasteiger partial charge < -0.3 is 4.79 Å². The fourth-order valence-corrected chi connectivity index (χ4v) is 2.53. The van der Waals surface area contributed by atoms with Crippen molar-refractivity contribution in [1.29, 1.82) is 0 Å². The molecule has 0 aromatic heterocycles. The maximum absolute atomic E-state index is 11.0. The topological polar surface area (TPSA) is 126 Å². The summed E-state index contributed by atoms with van der Waals surface area (Å²) in [7, 11) is -9.25. The second-order valence-electron chi connectivity index (χ2n) is 3.09. The van der Waals surface area contributed by atoms with E-state index >= 15 is 0 Å². The molecular weight excluding hydrogens is 272 g/mol. The van der Waals surface area contributed by atoms with Gasteiger partial charge in [0.1, 0.15) is 6.29 Å². The van der Waals surface area contributed by atoms with Crippen LogP contribution in [0, 0.1) is 0 Å². The Morgan fingerprint density at radius 3 is 2.06 bits per heavy atom. The highest BCUT2D eigenvalue weighted by Crippen LogP contribution is 2.20. The molecule has 0 amide bonds. The summed E-state index contributed by atoms with van der Waals surface area (Å²) in [5.41, 5.74) is -0.0603. The van der Waals surface area contributed by atoms with Crippen LogP contribution in [0.15, 0.2) is 28.0 Å². The molecule has 0 saturated carbocycles. The molecule has 0 radical (unpaired) electrons. The number of hydrogen-bond acceptors (Lipinski definition) is 5. The first-order valence-electron chi connectivity index (χ1n) is 4.18. The van der Waals surface area contributed by atoms with Crippen LogP contribution in [0.4, 0.5) is 0 Å². The lowest BCUT2D eigenvalue weighted by Crippen LogP contribution is -2.07. The number of hydrogen-bond donors (Lipinski definition) is 2. The molecule has 7 nitrogen and oxygen atoms in total. The molecule has 2 N–H and O–H groups in total. The van der Waals surface area contributed by atoms with Crippen LogP contribution in [0.25, 0.3) is 0 Å². The van der Waals surface area contributed by atoms with E-state index in [0.717, 1.165) is 12.1 Å². The molecule has 9 heteroatoms. The Labute approximate surface area is 97.6 Å². The number of carbonyl (C=O) groups excluding carboxylic acids is 1. The lowest BCUT2D eigenvalue weighted by molar-refractivity contribution is -0.107. The first-order valence-corrected chi connectivity index (χ1v) is 7.06. The number of benzene rings is 1. The molecule has 0 atom stereocenters. The lowest BCUT2D eigenvalue weighted by Gasteiger charge is -2.05. The van der Waals surface area contributed by atoms with Crippen molar-refractivity contribution in [3.8, 4) is 0 Å². The predicted octanol–water partition coefficient (Wildman–Crippen LogP) is -0.0786. The van der Waals surface area contributed by atoms with Crippen molar-refractivity contribution >= 4 is 26.5 Å². The van der Waals surface area contributed by atoms with E-state index in [1.165, 1.54) is 0 Å². The number of rotatable bonds is 4. The SMILES string of the molecule is O=CCc1ccc(S(=O)(=O)O)cc1S(=O)(=O)O. The van der Waals surface area contributed by atoms with Gasteiger partial charge in [-0.3, -0.25) is 9.11 Å². The van der Waals surface area contributed by atoms with E-state index in [0.29, 0.717) is 12.4 Å². The Bertz CT molecular complexity index is 642. The molecule has 0 aliphatic heterocycles. The Balaban J connectivity index is 3.56. The minimum absolute atomic E-state index is 0.0603. The smallest absolute Gasteiger partial charge is 0.294 e. The van der Waals surface area contributed by atoms with E-state index in [1.54, 1.807) is 0 Å². The molecule has 94 valence electrons. The van der Waals surface area contributed by atoms with Gasteiger partial charge in [-0.15, -0.1) is 0 Å². The zero-order chi connectivity index (χ0) is 13.3. The van der Waals surface area contributed by atoms with Crippen molar-refractivity contribution in [2.75, 3.05) is 0 Å². The van der Waals surface area contributed by atoms with Crippen molar-refractivity contribution in [2.24, 2.45) is 0 Å². The molecular formula is C8H8O7S2. The Hall–Kier alpha value is -1.29. The molecule has 1 aromatic carbocycles. The maximum atomic E-state index is 11.0. The van der Waals surface area contributed by atoms with Gasteiger partial charge in [-0.2, -0.15) is 16.8 Å². The fourth-order valence-electron chi connectivity index (χ4n) is 1.19. The standard InChI is InChI=1S/C8H8O7S2/c9-4-3-6-1-2-7(16(10,11)12)5-8(6)17(13,14)15/h1-2,4-5H,3H2,(H,10,11,12)(H,13,14,15). The van der Waals surface area contributed by atoms with Crippen LogP contribution in [0.1, 0.15) is 5.56 Å². The van der Waals surface area contributed by atoms with Gasteiger partial charge in [0.15, 0.2) is 0 Å². The number of carbonyl (C=O) groups is 1. The van der Waals surface area contributed by atoms with Crippen molar-refractivity contribution in [3.05, 3.63) is 23.8 Å². The van der Waals surface area contributed by atoms with Crippen LogP contribution in [-0.4, -0.2) is 32.2 Å². The van der Waals surface area contributed by atoms with Gasteiger partial charge in [0.05, 0.1) is 9.79 Å². The van der Waals surface area contributed by atoms with E-state index in [4.69, 9.17) is 9.11 Å². The van der Waals surface area contributed by atoms with Crippen LogP contribution in [0.2, 0.25) is 0 Å². The van der Waals surface area contributed by atoms with Crippen molar-refractivity contribution in [2.45, 2.75) is 16.2 Å². The lowest BCUT2D eigenvalue weighted by atomic mass is 10.2. The summed E-state index contributed by atoms with van der Waals surface area (Å²) >= 11 is 0. The molecule has 17 heavy (non-hydrogen) atoms. The van der Waals surface area contributed by atoms with Gasteiger partial charge in [0.25, 0.3) is 20.2 Å². The highest BCUT2D eigenvalue weighted by molar-refractivity contribution is 7.86. The van der Waals surface area contributed by atoms with Crippen molar-refractivity contribution in [3.63, 3.8) is 0 Å². The summed E-state index contributed by atoms with van der Waals surface area (Å²) in [4.78, 5) is 8.89. The normalized spacial score (nSPS) is 12.4. The third kappa shape index (κ3) is 3.33. The molecule has 0 aliphatic carbocycles. The molecule has 0 bridgehead atoms. The molecule has 0 aliphatic rings. The Morgan fingerprint density at radius 2 is 1.65 bits per heavy atom.